The summed E-state index contributed by atoms with van der Waals surface area (Å²) in [7, 11) is 3.57. The minimum atomic E-state index is -0.0848. The maximum atomic E-state index is 12.5. The zero-order valence-corrected chi connectivity index (χ0v) is 15.8. The van der Waals surface area contributed by atoms with Crippen molar-refractivity contribution in [3.8, 4) is 0 Å². The van der Waals surface area contributed by atoms with Crippen LogP contribution in [-0.2, 0) is 16.6 Å². The number of hydrogen-bond donors (Lipinski definition) is 2. The molecule has 2 amide bonds. The van der Waals surface area contributed by atoms with Gasteiger partial charge in [-0.3, -0.25) is 14.5 Å². The van der Waals surface area contributed by atoms with E-state index < -0.39 is 0 Å². The third kappa shape index (κ3) is 4.27. The molecule has 1 unspecified atom stereocenters. The van der Waals surface area contributed by atoms with Crippen LogP contribution < -0.4 is 10.6 Å². The topological polar surface area (TPSA) is 75.6 Å². The number of carbonyl (C=O) groups is 2. The van der Waals surface area contributed by atoms with Gasteiger partial charge in [-0.2, -0.15) is 0 Å². The predicted octanol–water partition coefficient (Wildman–Crippen LogP) is 1.21. The molecule has 2 aliphatic heterocycles. The molecular formula is C19H30N4O3. The van der Waals surface area contributed by atoms with Gasteiger partial charge in [-0.05, 0) is 44.4 Å². The Morgan fingerprint density at radius 2 is 1.96 bits per heavy atom. The van der Waals surface area contributed by atoms with Gasteiger partial charge in [-0.15, -0.1) is 0 Å². The molecule has 3 rings (SSSR count). The molecule has 0 aliphatic carbocycles. The van der Waals surface area contributed by atoms with Gasteiger partial charge in [0, 0.05) is 39.0 Å². The van der Waals surface area contributed by atoms with Crippen molar-refractivity contribution in [2.45, 2.75) is 44.2 Å². The van der Waals surface area contributed by atoms with Crippen LogP contribution >= 0.6 is 0 Å². The maximum Gasteiger partial charge on any atom is 0.267 e. The fraction of sp³-hybridized carbons (Fsp3) is 0.684. The van der Waals surface area contributed by atoms with Crippen LogP contribution in [0.4, 0.5) is 0 Å². The largest absolute Gasteiger partial charge is 0.381 e. The van der Waals surface area contributed by atoms with Crippen LogP contribution in [0.5, 0.6) is 0 Å². The molecule has 0 bridgehead atoms. The molecule has 0 radical (unpaired) electrons. The zero-order chi connectivity index (χ0) is 18.5. The van der Waals surface area contributed by atoms with Gasteiger partial charge in [0.1, 0.15) is 5.69 Å². The van der Waals surface area contributed by atoms with Crippen molar-refractivity contribution in [2.24, 2.45) is 7.05 Å². The van der Waals surface area contributed by atoms with Crippen molar-refractivity contribution in [3.05, 3.63) is 23.5 Å². The van der Waals surface area contributed by atoms with Crippen molar-refractivity contribution >= 4 is 11.8 Å². The summed E-state index contributed by atoms with van der Waals surface area (Å²) >= 11 is 0. The Bertz CT molecular complexity index is 637. The molecule has 7 nitrogen and oxygen atoms in total. The summed E-state index contributed by atoms with van der Waals surface area (Å²) in [4.78, 5) is 26.8. The average Bonchev–Trinajstić information content (AvgIpc) is 3.03. The lowest BCUT2D eigenvalue weighted by molar-refractivity contribution is -0.124. The van der Waals surface area contributed by atoms with E-state index in [1.165, 1.54) is 0 Å². The SMILES string of the molecule is CNC(=O)c1ccc(C2CCCCN2CC(=O)NC2CCOCC2)n1C. The highest BCUT2D eigenvalue weighted by atomic mass is 16.5. The average molecular weight is 362 g/mol. The summed E-state index contributed by atoms with van der Waals surface area (Å²) in [5, 5.41) is 5.83. The predicted molar refractivity (Wildman–Crippen MR) is 99.0 cm³/mol. The third-order valence-electron chi connectivity index (χ3n) is 5.51. The number of nitrogens with zero attached hydrogens (tertiary/aromatic N) is 2. The van der Waals surface area contributed by atoms with Gasteiger partial charge >= 0.3 is 0 Å². The first-order valence-corrected chi connectivity index (χ1v) is 9.59. The molecule has 2 aliphatic rings. The maximum absolute atomic E-state index is 12.5. The minimum Gasteiger partial charge on any atom is -0.381 e. The molecule has 0 aromatic carbocycles. The van der Waals surface area contributed by atoms with Crippen LogP contribution in [0.15, 0.2) is 12.1 Å². The number of hydrogen-bond acceptors (Lipinski definition) is 4. The van der Waals surface area contributed by atoms with E-state index in [9.17, 15) is 9.59 Å². The second kappa shape index (κ2) is 8.68. The van der Waals surface area contributed by atoms with E-state index in [1.807, 2.05) is 23.7 Å². The first-order chi connectivity index (χ1) is 12.6. The summed E-state index contributed by atoms with van der Waals surface area (Å²) in [5.74, 6) is 0.00269. The van der Waals surface area contributed by atoms with Crippen LogP contribution in [0.1, 0.15) is 54.3 Å². The number of aromatic nitrogens is 1. The quantitative estimate of drug-likeness (QED) is 0.826. The molecule has 2 fully saturated rings. The Morgan fingerprint density at radius 3 is 2.69 bits per heavy atom. The molecule has 1 atom stereocenters. The van der Waals surface area contributed by atoms with Crippen molar-refractivity contribution < 1.29 is 14.3 Å². The van der Waals surface area contributed by atoms with Gasteiger partial charge in [0.25, 0.3) is 5.91 Å². The Labute approximate surface area is 155 Å². The second-order valence-electron chi connectivity index (χ2n) is 7.22. The molecule has 0 spiro atoms. The van der Waals surface area contributed by atoms with E-state index >= 15 is 0 Å². The number of piperidine rings is 1. The highest BCUT2D eigenvalue weighted by molar-refractivity contribution is 5.92. The van der Waals surface area contributed by atoms with Crippen molar-refractivity contribution in [1.82, 2.24) is 20.1 Å². The van der Waals surface area contributed by atoms with Gasteiger partial charge in [-0.1, -0.05) is 6.42 Å². The van der Waals surface area contributed by atoms with Gasteiger partial charge in [0.2, 0.25) is 5.91 Å². The number of carbonyl (C=O) groups excluding carboxylic acids is 2. The van der Waals surface area contributed by atoms with E-state index in [2.05, 4.69) is 15.5 Å². The van der Waals surface area contributed by atoms with E-state index in [4.69, 9.17) is 4.74 Å². The lowest BCUT2D eigenvalue weighted by Gasteiger charge is -2.36. The molecule has 2 saturated heterocycles. The van der Waals surface area contributed by atoms with Crippen LogP contribution in [0.2, 0.25) is 0 Å². The molecule has 0 saturated carbocycles. The zero-order valence-electron chi connectivity index (χ0n) is 15.8. The molecule has 7 heteroatoms. The molecular weight excluding hydrogens is 332 g/mol. The summed E-state index contributed by atoms with van der Waals surface area (Å²) < 4.78 is 7.31. The number of rotatable bonds is 5. The van der Waals surface area contributed by atoms with Crippen molar-refractivity contribution in [1.29, 1.82) is 0 Å². The first-order valence-electron chi connectivity index (χ1n) is 9.59. The fourth-order valence-electron chi connectivity index (χ4n) is 4.03. The summed E-state index contributed by atoms with van der Waals surface area (Å²) in [6.45, 7) is 2.76. The smallest absolute Gasteiger partial charge is 0.267 e. The molecule has 26 heavy (non-hydrogen) atoms. The molecule has 1 aromatic rings. The summed E-state index contributed by atoms with van der Waals surface area (Å²) in [6.07, 6.45) is 5.04. The molecule has 144 valence electrons. The van der Waals surface area contributed by atoms with Crippen LogP contribution in [0, 0.1) is 0 Å². The van der Waals surface area contributed by atoms with Gasteiger partial charge in [0.15, 0.2) is 0 Å². The number of amides is 2. The summed E-state index contributed by atoms with van der Waals surface area (Å²) in [6, 6.07) is 4.29. The number of ether oxygens (including phenoxy) is 1. The van der Waals surface area contributed by atoms with Crippen LogP contribution in [-0.4, -0.2) is 60.7 Å². The van der Waals surface area contributed by atoms with E-state index in [-0.39, 0.29) is 23.9 Å². The second-order valence-corrected chi connectivity index (χ2v) is 7.22. The fourth-order valence-corrected chi connectivity index (χ4v) is 4.03. The monoisotopic (exact) mass is 362 g/mol. The van der Waals surface area contributed by atoms with Gasteiger partial charge in [-0.25, -0.2) is 0 Å². The minimum absolute atomic E-state index is 0.0848. The molecule has 1 aromatic heterocycles. The Balaban J connectivity index is 1.67. The van der Waals surface area contributed by atoms with E-state index in [0.717, 1.165) is 57.6 Å². The summed E-state index contributed by atoms with van der Waals surface area (Å²) in [5.41, 5.74) is 1.75. The lowest BCUT2D eigenvalue weighted by Crippen LogP contribution is -2.46. The van der Waals surface area contributed by atoms with Crippen LogP contribution in [0.25, 0.3) is 0 Å². The Hall–Kier alpha value is -1.86. The normalized spacial score (nSPS) is 22.2. The van der Waals surface area contributed by atoms with Gasteiger partial charge in [0.05, 0.1) is 12.6 Å². The molecule has 2 N–H and O–H groups in total. The standard InChI is InChI=1S/C19H30N4O3/c1-20-19(25)17-7-6-15(22(17)2)16-5-3-4-10-23(16)13-18(24)21-14-8-11-26-12-9-14/h6-7,14,16H,3-5,8-13H2,1-2H3,(H,20,25)(H,21,24). The van der Waals surface area contributed by atoms with Crippen LogP contribution in [0.3, 0.4) is 0 Å². The van der Waals surface area contributed by atoms with E-state index in [0.29, 0.717) is 12.2 Å². The third-order valence-corrected chi connectivity index (χ3v) is 5.51. The van der Waals surface area contributed by atoms with Crippen molar-refractivity contribution in [2.75, 3.05) is 33.4 Å². The Morgan fingerprint density at radius 1 is 1.19 bits per heavy atom. The Kier molecular flexibility index (Phi) is 6.32. The van der Waals surface area contributed by atoms with Gasteiger partial charge < -0.3 is 19.9 Å². The van der Waals surface area contributed by atoms with Crippen molar-refractivity contribution in [3.63, 3.8) is 0 Å². The highest BCUT2D eigenvalue weighted by Crippen LogP contribution is 2.31. The molecule has 3 heterocycles. The lowest BCUT2D eigenvalue weighted by atomic mass is 9.99. The number of likely N-dealkylation sites (tertiary alicyclic amines) is 1. The van der Waals surface area contributed by atoms with E-state index in [1.54, 1.807) is 7.05 Å². The highest BCUT2D eigenvalue weighted by Gasteiger charge is 2.29. The number of nitrogens with one attached hydrogen (secondary N) is 2. The first kappa shape index (κ1) is 18.9.